The van der Waals surface area contributed by atoms with E-state index in [0.717, 1.165) is 0 Å². The Kier molecular flexibility index (Phi) is 9.54. The molecule has 0 aromatic carbocycles. The van der Waals surface area contributed by atoms with Crippen molar-refractivity contribution in [3.63, 3.8) is 0 Å². The van der Waals surface area contributed by atoms with Crippen molar-refractivity contribution in [1.29, 1.82) is 0 Å². The fraction of sp³-hybridized carbons (Fsp3) is 1.00. The summed E-state index contributed by atoms with van der Waals surface area (Å²) in [5, 5.41) is 109. The second-order valence-electron chi connectivity index (χ2n) is 8.33. The van der Waals surface area contributed by atoms with Crippen molar-refractivity contribution in [2.24, 2.45) is 0 Å². The van der Waals surface area contributed by atoms with Crippen molar-refractivity contribution in [2.75, 3.05) is 19.8 Å². The van der Waals surface area contributed by atoms with Gasteiger partial charge >= 0.3 is 0 Å². The fourth-order valence-corrected chi connectivity index (χ4v) is 4.03. The summed E-state index contributed by atoms with van der Waals surface area (Å²) in [5.41, 5.74) is 0. The maximum Gasteiger partial charge on any atom is 0.187 e. The first-order valence-electron chi connectivity index (χ1n) is 10.6. The van der Waals surface area contributed by atoms with Crippen LogP contribution in [0.4, 0.5) is 0 Å². The molecule has 0 radical (unpaired) electrons. The van der Waals surface area contributed by atoms with E-state index in [9.17, 15) is 56.2 Å². The molecule has 0 saturated carbocycles. The molecule has 200 valence electrons. The van der Waals surface area contributed by atoms with Crippen LogP contribution in [0.15, 0.2) is 0 Å². The molecule has 0 spiro atoms. The van der Waals surface area contributed by atoms with E-state index >= 15 is 0 Å². The monoisotopic (exact) mass is 504 g/mol. The molecule has 3 aliphatic heterocycles. The van der Waals surface area contributed by atoms with E-state index in [0.29, 0.717) is 0 Å². The lowest BCUT2D eigenvalue weighted by atomic mass is 9.96. The maximum absolute atomic E-state index is 10.6. The van der Waals surface area contributed by atoms with Crippen LogP contribution in [-0.4, -0.2) is 168 Å². The summed E-state index contributed by atoms with van der Waals surface area (Å²) in [7, 11) is 0. The van der Waals surface area contributed by atoms with E-state index in [-0.39, 0.29) is 0 Å². The van der Waals surface area contributed by atoms with Gasteiger partial charge in [0.1, 0.15) is 73.2 Å². The van der Waals surface area contributed by atoms with Crippen LogP contribution < -0.4 is 0 Å². The van der Waals surface area contributed by atoms with Gasteiger partial charge in [-0.25, -0.2) is 0 Å². The van der Waals surface area contributed by atoms with Crippen molar-refractivity contribution in [2.45, 2.75) is 92.1 Å². The number of ether oxygens (including phenoxy) is 5. The fourth-order valence-electron chi connectivity index (χ4n) is 4.03. The van der Waals surface area contributed by atoms with E-state index in [2.05, 4.69) is 0 Å². The number of aliphatic hydroxyl groups excluding tert-OH is 11. The second kappa shape index (κ2) is 11.6. The third-order valence-corrected chi connectivity index (χ3v) is 6.10. The molecule has 0 bridgehead atoms. The molecule has 15 atom stereocenters. The van der Waals surface area contributed by atoms with Gasteiger partial charge in [-0.15, -0.1) is 0 Å². The van der Waals surface area contributed by atoms with Crippen LogP contribution in [-0.2, 0) is 23.7 Å². The standard InChI is InChI=1S/C18H32O16/c19-1-4-7(22)10(25)12(27)17(31-4)33-14-9(24)6(3-21)30-16(29)15(14)34-18-13(28)11(26)8(23)5(2-20)32-18/h4-29H,1-3H2/t4-,5-,6-,7-,8-,9-,10+,11+,12+,13+,14+,15-,16+,17-,18-/m1/s1. The first-order chi connectivity index (χ1) is 16.0. The van der Waals surface area contributed by atoms with Gasteiger partial charge in [0, 0.05) is 0 Å². The second-order valence-corrected chi connectivity index (χ2v) is 8.33. The van der Waals surface area contributed by atoms with Gasteiger partial charge in [0.2, 0.25) is 0 Å². The third kappa shape index (κ3) is 5.37. The Morgan fingerprint density at radius 1 is 0.441 bits per heavy atom. The van der Waals surface area contributed by atoms with Gasteiger partial charge in [0.25, 0.3) is 0 Å². The molecule has 0 unspecified atom stereocenters. The van der Waals surface area contributed by atoms with Gasteiger partial charge in [-0.3, -0.25) is 0 Å². The summed E-state index contributed by atoms with van der Waals surface area (Å²) in [6, 6.07) is 0. The number of aliphatic hydroxyl groups is 11. The van der Waals surface area contributed by atoms with E-state index in [1.165, 1.54) is 0 Å². The zero-order chi connectivity index (χ0) is 25.3. The summed E-state index contributed by atoms with van der Waals surface area (Å²) in [5.74, 6) is 0. The van der Waals surface area contributed by atoms with Crippen molar-refractivity contribution in [3.8, 4) is 0 Å². The van der Waals surface area contributed by atoms with Crippen LogP contribution in [0, 0.1) is 0 Å². The summed E-state index contributed by atoms with van der Waals surface area (Å²) < 4.78 is 26.5. The molecule has 16 nitrogen and oxygen atoms in total. The smallest absolute Gasteiger partial charge is 0.187 e. The van der Waals surface area contributed by atoms with E-state index in [4.69, 9.17) is 23.7 Å². The molecule has 0 aromatic heterocycles. The van der Waals surface area contributed by atoms with Crippen LogP contribution in [0.1, 0.15) is 0 Å². The van der Waals surface area contributed by atoms with Gasteiger partial charge in [-0.1, -0.05) is 0 Å². The molecule has 16 heteroatoms. The minimum absolute atomic E-state index is 0.769. The zero-order valence-corrected chi connectivity index (χ0v) is 17.7. The predicted molar refractivity (Wildman–Crippen MR) is 101 cm³/mol. The molecule has 0 aromatic rings. The molecule has 3 fully saturated rings. The van der Waals surface area contributed by atoms with E-state index < -0.39 is 112 Å². The average molecular weight is 504 g/mol. The van der Waals surface area contributed by atoms with Gasteiger partial charge in [-0.2, -0.15) is 0 Å². The summed E-state index contributed by atoms with van der Waals surface area (Å²) in [4.78, 5) is 0. The first kappa shape index (κ1) is 27.9. The lowest BCUT2D eigenvalue weighted by Crippen LogP contribution is -2.67. The summed E-state index contributed by atoms with van der Waals surface area (Å²) in [6.45, 7) is -2.33. The van der Waals surface area contributed by atoms with Gasteiger partial charge in [0.05, 0.1) is 19.8 Å². The van der Waals surface area contributed by atoms with Crippen LogP contribution in [0.2, 0.25) is 0 Å². The number of hydrogen-bond donors (Lipinski definition) is 11. The number of hydrogen-bond acceptors (Lipinski definition) is 16. The highest BCUT2D eigenvalue weighted by atomic mass is 16.8. The molecule has 0 amide bonds. The Morgan fingerprint density at radius 2 is 0.824 bits per heavy atom. The molecule has 3 aliphatic rings. The summed E-state index contributed by atoms with van der Waals surface area (Å²) >= 11 is 0. The molecule has 3 saturated heterocycles. The molecular formula is C18H32O16. The lowest BCUT2D eigenvalue weighted by Gasteiger charge is -2.48. The van der Waals surface area contributed by atoms with E-state index in [1.54, 1.807) is 0 Å². The first-order valence-corrected chi connectivity index (χ1v) is 10.6. The highest BCUT2D eigenvalue weighted by Crippen LogP contribution is 2.32. The van der Waals surface area contributed by atoms with Gasteiger partial charge < -0.3 is 79.9 Å². The van der Waals surface area contributed by atoms with Crippen molar-refractivity contribution < 1.29 is 79.9 Å². The van der Waals surface area contributed by atoms with Crippen LogP contribution in [0.3, 0.4) is 0 Å². The third-order valence-electron chi connectivity index (χ3n) is 6.10. The predicted octanol–water partition coefficient (Wildman–Crippen LogP) is -7.57. The number of rotatable bonds is 7. The van der Waals surface area contributed by atoms with Crippen molar-refractivity contribution in [1.82, 2.24) is 0 Å². The van der Waals surface area contributed by atoms with Crippen LogP contribution >= 0.6 is 0 Å². The van der Waals surface area contributed by atoms with Gasteiger partial charge in [-0.05, 0) is 0 Å². The quantitative estimate of drug-likeness (QED) is 0.154. The minimum atomic E-state index is -1.94. The van der Waals surface area contributed by atoms with Crippen LogP contribution in [0.25, 0.3) is 0 Å². The Bertz CT molecular complexity index is 637. The van der Waals surface area contributed by atoms with E-state index in [1.807, 2.05) is 0 Å². The van der Waals surface area contributed by atoms with Crippen molar-refractivity contribution >= 4 is 0 Å². The molecule has 3 heterocycles. The summed E-state index contributed by atoms with van der Waals surface area (Å²) in [6.07, 6.45) is -25.6. The SMILES string of the molecule is OC[C@H]1O[C@H](O[C@@H]2[C@@H](O[C@H]3O[C@H](CO)[C@@H](O)[C@H](O)[C@@H]3O)[C@H](O)[C@@H](CO)O[C@@H]2O)[C@@H](O)[C@@H](O)[C@@H]1O. The molecule has 34 heavy (non-hydrogen) atoms. The molecule has 3 rings (SSSR count). The lowest BCUT2D eigenvalue weighted by molar-refractivity contribution is -0.387. The maximum atomic E-state index is 10.6. The zero-order valence-electron chi connectivity index (χ0n) is 17.7. The van der Waals surface area contributed by atoms with Crippen molar-refractivity contribution in [3.05, 3.63) is 0 Å². The topological polar surface area (TPSA) is 269 Å². The van der Waals surface area contributed by atoms with Crippen LogP contribution in [0.5, 0.6) is 0 Å². The molecular weight excluding hydrogens is 472 g/mol. The highest BCUT2D eigenvalue weighted by Gasteiger charge is 2.53. The largest absolute Gasteiger partial charge is 0.394 e. The normalized spacial score (nSPS) is 52.5. The molecule has 0 aliphatic carbocycles. The minimum Gasteiger partial charge on any atom is -0.394 e. The Balaban J connectivity index is 1.83. The highest BCUT2D eigenvalue weighted by molar-refractivity contribution is 4.96. The Morgan fingerprint density at radius 3 is 1.24 bits per heavy atom. The molecule has 11 N–H and O–H groups in total. The average Bonchev–Trinajstić information content (AvgIpc) is 2.83. The Labute approximate surface area is 192 Å². The Hall–Kier alpha value is -0.640. The van der Waals surface area contributed by atoms with Gasteiger partial charge in [0.15, 0.2) is 18.9 Å².